The van der Waals surface area contributed by atoms with E-state index in [2.05, 4.69) is 27.7 Å². The average Bonchev–Trinajstić information content (AvgIpc) is 3.65. The molecule has 0 rings (SSSR count). The van der Waals surface area contributed by atoms with Crippen molar-refractivity contribution in [1.29, 1.82) is 0 Å². The Kier molecular flexibility index (Phi) is 60.5. The van der Waals surface area contributed by atoms with Gasteiger partial charge in [0.05, 0.1) is 26.4 Å². The lowest BCUT2D eigenvalue weighted by Crippen LogP contribution is -2.30. The number of phosphoric acid groups is 2. The summed E-state index contributed by atoms with van der Waals surface area (Å²) in [5, 5.41) is 10.5. The molecule has 17 nitrogen and oxygen atoms in total. The van der Waals surface area contributed by atoms with Gasteiger partial charge in [-0.3, -0.25) is 37.3 Å². The lowest BCUT2D eigenvalue weighted by Gasteiger charge is -2.21. The van der Waals surface area contributed by atoms with E-state index in [0.717, 1.165) is 109 Å². The summed E-state index contributed by atoms with van der Waals surface area (Å²) in [5.41, 5.74) is 0. The fraction of sp³-hybridized carbons (Fsp3) is 0.940. The van der Waals surface area contributed by atoms with Crippen LogP contribution in [-0.2, 0) is 65.4 Å². The number of esters is 4. The molecule has 0 saturated heterocycles. The van der Waals surface area contributed by atoms with Crippen LogP contribution in [0.4, 0.5) is 0 Å². The average molecular weight is 1270 g/mol. The van der Waals surface area contributed by atoms with Crippen LogP contribution in [0.15, 0.2) is 0 Å². The fourth-order valence-electron chi connectivity index (χ4n) is 10.2. The molecule has 0 fully saturated rings. The second-order valence-electron chi connectivity index (χ2n) is 24.2. The molecule has 0 heterocycles. The standard InChI is InChI=1S/C67H130O17P2/c1-5-9-13-17-21-24-26-27-28-29-30-31-32-33-34-36-38-42-46-50-54-67(72)84-63(58-78-65(70)52-48-44-41-37-35-25-22-18-14-10-6-2)60-82-86(75,76)80-56-61(68)55-79-85(73,74)81-59-62(57-77-64(69)51-47-43-39-20-16-12-8-4)83-66(71)53-49-45-40-23-19-15-11-7-3/h61-63,68H,5-60H2,1-4H3,(H,73,74)(H,75,76)/t61-,62+,63+/m0/s1. The summed E-state index contributed by atoms with van der Waals surface area (Å²) in [6.07, 6.45) is 48.9. The Morgan fingerprint density at radius 2 is 0.465 bits per heavy atom. The van der Waals surface area contributed by atoms with Crippen LogP contribution in [0.2, 0.25) is 0 Å². The fourth-order valence-corrected chi connectivity index (χ4v) is 11.7. The minimum atomic E-state index is -4.94. The van der Waals surface area contributed by atoms with Gasteiger partial charge in [-0.1, -0.05) is 297 Å². The van der Waals surface area contributed by atoms with Crippen molar-refractivity contribution in [3.63, 3.8) is 0 Å². The number of aliphatic hydroxyl groups excluding tert-OH is 1. The predicted molar refractivity (Wildman–Crippen MR) is 345 cm³/mol. The summed E-state index contributed by atoms with van der Waals surface area (Å²) in [7, 11) is -9.88. The number of hydrogen-bond donors (Lipinski definition) is 3. The first-order valence-corrected chi connectivity index (χ1v) is 38.3. The van der Waals surface area contributed by atoms with Gasteiger partial charge in [0.2, 0.25) is 0 Å². The quantitative estimate of drug-likeness (QED) is 0.0222. The highest BCUT2D eigenvalue weighted by Gasteiger charge is 2.30. The molecule has 0 aliphatic carbocycles. The van der Waals surface area contributed by atoms with Crippen LogP contribution in [-0.4, -0.2) is 96.7 Å². The highest BCUT2D eigenvalue weighted by Crippen LogP contribution is 2.45. The monoisotopic (exact) mass is 1270 g/mol. The van der Waals surface area contributed by atoms with Crippen molar-refractivity contribution in [2.45, 2.75) is 367 Å². The van der Waals surface area contributed by atoms with E-state index < -0.39 is 97.5 Å². The molecule has 0 saturated carbocycles. The number of unbranched alkanes of at least 4 members (excludes halogenated alkanes) is 42. The van der Waals surface area contributed by atoms with Gasteiger partial charge >= 0.3 is 39.5 Å². The molecule has 86 heavy (non-hydrogen) atoms. The lowest BCUT2D eigenvalue weighted by molar-refractivity contribution is -0.161. The normalized spacial score (nSPS) is 14.1. The van der Waals surface area contributed by atoms with Crippen molar-refractivity contribution in [2.24, 2.45) is 0 Å². The molecular formula is C67H130O17P2. The van der Waals surface area contributed by atoms with Gasteiger partial charge in [0.1, 0.15) is 19.3 Å². The SMILES string of the molecule is CCCCCCCCCCCCCCCCCCCCCCC(=O)O[C@H](COC(=O)CCCCCCCCCCCCC)COP(=O)(O)OC[C@@H](O)COP(=O)(O)OC[C@@H](COC(=O)CCCCCCCCC)OC(=O)CCCCCCCCCC. The van der Waals surface area contributed by atoms with E-state index in [1.54, 1.807) is 0 Å². The number of ether oxygens (including phenoxy) is 4. The maximum Gasteiger partial charge on any atom is 0.472 e. The Hall–Kier alpha value is -1.94. The van der Waals surface area contributed by atoms with Crippen molar-refractivity contribution in [1.82, 2.24) is 0 Å². The summed E-state index contributed by atoms with van der Waals surface area (Å²) in [5.74, 6) is -2.13. The highest BCUT2D eigenvalue weighted by molar-refractivity contribution is 7.47. The summed E-state index contributed by atoms with van der Waals surface area (Å²) in [6, 6.07) is 0. The smallest absolute Gasteiger partial charge is 0.462 e. The van der Waals surface area contributed by atoms with Gasteiger partial charge in [-0.2, -0.15) is 0 Å². The van der Waals surface area contributed by atoms with Crippen LogP contribution >= 0.6 is 15.6 Å². The van der Waals surface area contributed by atoms with Gasteiger partial charge in [0, 0.05) is 25.7 Å². The van der Waals surface area contributed by atoms with Crippen molar-refractivity contribution in [3.8, 4) is 0 Å². The van der Waals surface area contributed by atoms with E-state index in [1.807, 2.05) is 0 Å². The molecule has 5 atom stereocenters. The molecule has 0 aliphatic rings. The third kappa shape index (κ3) is 60.9. The Morgan fingerprint density at radius 1 is 0.279 bits per heavy atom. The minimum absolute atomic E-state index is 0.105. The first kappa shape index (κ1) is 84.1. The summed E-state index contributed by atoms with van der Waals surface area (Å²) in [6.45, 7) is 4.84. The largest absolute Gasteiger partial charge is 0.472 e. The van der Waals surface area contributed by atoms with E-state index in [-0.39, 0.29) is 25.7 Å². The van der Waals surface area contributed by atoms with Crippen molar-refractivity contribution >= 4 is 39.5 Å². The predicted octanol–water partition coefficient (Wildman–Crippen LogP) is 19.1. The molecule has 3 N–H and O–H groups in total. The second kappa shape index (κ2) is 61.9. The first-order valence-electron chi connectivity index (χ1n) is 35.3. The third-order valence-electron chi connectivity index (χ3n) is 15.6. The van der Waals surface area contributed by atoms with Crippen LogP contribution in [0.3, 0.4) is 0 Å². The Labute approximate surface area is 524 Å². The molecule has 0 aromatic rings. The Bertz CT molecular complexity index is 1650. The minimum Gasteiger partial charge on any atom is -0.462 e. The zero-order valence-corrected chi connectivity index (χ0v) is 57.1. The number of aliphatic hydroxyl groups is 1. The van der Waals surface area contributed by atoms with E-state index in [0.29, 0.717) is 25.7 Å². The second-order valence-corrected chi connectivity index (χ2v) is 27.1. The van der Waals surface area contributed by atoms with Crippen LogP contribution in [0.5, 0.6) is 0 Å². The maximum absolute atomic E-state index is 13.0. The van der Waals surface area contributed by atoms with E-state index in [4.69, 9.17) is 37.0 Å². The topological polar surface area (TPSA) is 237 Å². The molecule has 0 aromatic heterocycles. The zero-order chi connectivity index (χ0) is 63.3. The summed E-state index contributed by atoms with van der Waals surface area (Å²) < 4.78 is 67.9. The van der Waals surface area contributed by atoms with Crippen LogP contribution in [0.25, 0.3) is 0 Å². The first-order chi connectivity index (χ1) is 41.7. The van der Waals surface area contributed by atoms with Crippen LogP contribution in [0, 0.1) is 0 Å². The van der Waals surface area contributed by atoms with Crippen molar-refractivity contribution in [3.05, 3.63) is 0 Å². The van der Waals surface area contributed by atoms with Gasteiger partial charge in [0.15, 0.2) is 12.2 Å². The maximum atomic E-state index is 13.0. The number of phosphoric ester groups is 2. The molecule has 0 aromatic carbocycles. The molecule has 2 unspecified atom stereocenters. The summed E-state index contributed by atoms with van der Waals surface area (Å²) >= 11 is 0. The van der Waals surface area contributed by atoms with Gasteiger partial charge < -0.3 is 33.8 Å². The van der Waals surface area contributed by atoms with Gasteiger partial charge in [-0.25, -0.2) is 9.13 Å². The molecule has 0 radical (unpaired) electrons. The molecule has 510 valence electrons. The van der Waals surface area contributed by atoms with E-state index in [9.17, 15) is 43.2 Å². The van der Waals surface area contributed by atoms with Crippen molar-refractivity contribution < 1.29 is 80.2 Å². The van der Waals surface area contributed by atoms with Gasteiger partial charge in [-0.15, -0.1) is 0 Å². The van der Waals surface area contributed by atoms with Crippen molar-refractivity contribution in [2.75, 3.05) is 39.6 Å². The Morgan fingerprint density at radius 3 is 0.686 bits per heavy atom. The van der Waals surface area contributed by atoms with Crippen LogP contribution < -0.4 is 0 Å². The van der Waals surface area contributed by atoms with E-state index in [1.165, 1.54) is 161 Å². The highest BCUT2D eigenvalue weighted by atomic mass is 31.2. The zero-order valence-electron chi connectivity index (χ0n) is 55.3. The van der Waals surface area contributed by atoms with E-state index >= 15 is 0 Å². The number of carbonyl (C=O) groups is 4. The molecule has 19 heteroatoms. The molecule has 0 spiro atoms. The molecule has 0 bridgehead atoms. The molecule has 0 amide bonds. The third-order valence-corrected chi connectivity index (χ3v) is 17.5. The lowest BCUT2D eigenvalue weighted by atomic mass is 10.0. The Balaban J connectivity index is 5.11. The number of hydrogen-bond acceptors (Lipinski definition) is 15. The number of carbonyl (C=O) groups excluding carboxylic acids is 4. The van der Waals surface area contributed by atoms with Gasteiger partial charge in [-0.05, 0) is 25.7 Å². The van der Waals surface area contributed by atoms with Crippen LogP contribution in [0.1, 0.15) is 349 Å². The summed E-state index contributed by atoms with van der Waals surface area (Å²) in [4.78, 5) is 72.1. The molecular weight excluding hydrogens is 1140 g/mol. The number of rotatable bonds is 68. The molecule has 0 aliphatic heterocycles. The van der Waals surface area contributed by atoms with Gasteiger partial charge in [0.25, 0.3) is 0 Å².